The van der Waals surface area contributed by atoms with Gasteiger partial charge in [-0.2, -0.15) is 5.26 Å². The summed E-state index contributed by atoms with van der Waals surface area (Å²) in [6.07, 6.45) is 0. The topological polar surface area (TPSA) is 97.2 Å². The van der Waals surface area contributed by atoms with Crippen molar-refractivity contribution in [1.29, 1.82) is 5.26 Å². The lowest BCUT2D eigenvalue weighted by Crippen LogP contribution is -1.79. The Bertz CT molecular complexity index is 862. The number of rotatable bonds is 1. The molecule has 92 valence electrons. The molecule has 0 fully saturated rings. The van der Waals surface area contributed by atoms with E-state index in [1.807, 2.05) is 24.3 Å². The molecule has 0 spiro atoms. The second-order valence-corrected chi connectivity index (χ2v) is 4.10. The molecule has 0 unspecified atom stereocenters. The van der Waals surface area contributed by atoms with Crippen molar-refractivity contribution in [3.8, 4) is 6.07 Å². The molecule has 0 atom stereocenters. The van der Waals surface area contributed by atoms with Crippen LogP contribution in [0.25, 0.3) is 21.9 Å². The van der Waals surface area contributed by atoms with Crippen molar-refractivity contribution in [1.82, 2.24) is 9.97 Å². The minimum absolute atomic E-state index is 0.296. The Morgan fingerprint density at radius 2 is 2.11 bits per heavy atom. The molecule has 2 N–H and O–H groups in total. The monoisotopic (exact) mass is 251 g/mol. The lowest BCUT2D eigenvalue weighted by molar-refractivity contribution is -0.116. The Labute approximate surface area is 107 Å². The van der Waals surface area contributed by atoms with Gasteiger partial charge in [0.15, 0.2) is 5.82 Å². The predicted molar refractivity (Wildman–Crippen MR) is 70.1 cm³/mol. The molecule has 0 saturated carbocycles. The first kappa shape index (κ1) is 11.2. The van der Waals surface area contributed by atoms with Crippen LogP contribution in [0.3, 0.4) is 0 Å². The summed E-state index contributed by atoms with van der Waals surface area (Å²) in [6.45, 7) is 1.31. The van der Waals surface area contributed by atoms with Crippen molar-refractivity contribution in [3.63, 3.8) is 0 Å². The van der Waals surface area contributed by atoms with Gasteiger partial charge in [0.1, 0.15) is 17.3 Å². The molecule has 0 radical (unpaired) electrons. The fourth-order valence-electron chi connectivity index (χ4n) is 2.10. The van der Waals surface area contributed by atoms with Gasteiger partial charge < -0.3 is 9.97 Å². The minimum atomic E-state index is -0.410. The number of hydrogen-bond acceptors (Lipinski definition) is 3. The summed E-state index contributed by atoms with van der Waals surface area (Å²) < 4.78 is 0. The van der Waals surface area contributed by atoms with E-state index in [0.717, 1.165) is 16.3 Å². The molecule has 1 aromatic carbocycles. The van der Waals surface area contributed by atoms with Crippen LogP contribution in [0.1, 0.15) is 12.5 Å². The van der Waals surface area contributed by atoms with Crippen molar-refractivity contribution >= 4 is 33.7 Å². The smallest absolute Gasteiger partial charge is 0.261 e. The number of amides is 1. The zero-order valence-corrected chi connectivity index (χ0v) is 10.1. The number of benzene rings is 1. The quantitative estimate of drug-likeness (QED) is 0.649. The summed E-state index contributed by atoms with van der Waals surface area (Å²) in [6, 6.07) is 9.78. The zero-order chi connectivity index (χ0) is 13.4. The van der Waals surface area contributed by atoms with Crippen molar-refractivity contribution in [2.75, 3.05) is 0 Å². The zero-order valence-electron chi connectivity index (χ0n) is 10.1. The summed E-state index contributed by atoms with van der Waals surface area (Å²) in [5.41, 5.74) is 2.03. The summed E-state index contributed by atoms with van der Waals surface area (Å²) in [5.74, 6) is -0.114. The number of nitrogens with one attached hydrogen (secondary N) is 2. The number of para-hydroxylation sites is 1. The number of aromatic nitrogens is 2. The Kier molecular flexibility index (Phi) is 2.39. The molecule has 0 aliphatic heterocycles. The van der Waals surface area contributed by atoms with Crippen LogP contribution in [0.2, 0.25) is 0 Å². The predicted octanol–water partition coefficient (Wildman–Crippen LogP) is 3.15. The number of H-pyrrole nitrogens is 2. The Morgan fingerprint density at radius 3 is 2.84 bits per heavy atom. The Hall–Kier alpha value is -2.94. The maximum absolute atomic E-state index is 10.8. The van der Waals surface area contributed by atoms with Gasteiger partial charge in [0, 0.05) is 23.2 Å². The minimum Gasteiger partial charge on any atom is -0.341 e. The van der Waals surface area contributed by atoms with Crippen molar-refractivity contribution < 1.29 is 4.79 Å². The molecular weight excluding hydrogens is 242 g/mol. The lowest BCUT2D eigenvalue weighted by Gasteiger charge is -1.90. The molecule has 2 aromatic heterocycles. The lowest BCUT2D eigenvalue weighted by atomic mass is 10.1. The average molecular weight is 251 g/mol. The van der Waals surface area contributed by atoms with Crippen LogP contribution in [0.4, 0.5) is 5.82 Å². The van der Waals surface area contributed by atoms with Gasteiger partial charge in [0.05, 0.1) is 0 Å². The second-order valence-electron chi connectivity index (χ2n) is 4.10. The number of carbonyl (C=O) groups excluding carboxylic acids is 1. The van der Waals surface area contributed by atoms with Crippen LogP contribution in [-0.2, 0) is 4.79 Å². The third-order valence-corrected chi connectivity index (χ3v) is 2.84. The van der Waals surface area contributed by atoms with Gasteiger partial charge in [-0.1, -0.05) is 18.2 Å². The van der Waals surface area contributed by atoms with Crippen LogP contribution in [-0.4, -0.2) is 15.9 Å². The highest BCUT2D eigenvalue weighted by molar-refractivity contribution is 6.10. The number of nitriles is 1. The standard InChI is InChI=1S/C13H9N5O/c1-7(19)17-18-12-9(6-14)11-8-4-2-3-5-10(8)15-13(11)16-12/h2-5,15-16H,1H3. The number of azo groups is 1. The molecule has 0 aliphatic rings. The molecule has 6 heteroatoms. The van der Waals surface area contributed by atoms with Gasteiger partial charge in [-0.25, -0.2) is 0 Å². The average Bonchev–Trinajstić information content (AvgIpc) is 2.91. The number of fused-ring (bicyclic) bond motifs is 3. The molecule has 0 saturated heterocycles. The molecule has 3 rings (SSSR count). The normalized spacial score (nSPS) is 11.4. The van der Waals surface area contributed by atoms with E-state index in [4.69, 9.17) is 0 Å². The summed E-state index contributed by atoms with van der Waals surface area (Å²) in [5, 5.41) is 18.2. The van der Waals surface area contributed by atoms with Crippen LogP contribution in [0.15, 0.2) is 34.5 Å². The van der Waals surface area contributed by atoms with Gasteiger partial charge in [-0.15, -0.1) is 10.2 Å². The van der Waals surface area contributed by atoms with Crippen LogP contribution in [0, 0.1) is 11.3 Å². The number of hydrogen-bond donors (Lipinski definition) is 2. The fourth-order valence-corrected chi connectivity index (χ4v) is 2.10. The maximum Gasteiger partial charge on any atom is 0.261 e. The molecule has 3 aromatic rings. The molecule has 0 bridgehead atoms. The van der Waals surface area contributed by atoms with E-state index in [1.165, 1.54) is 6.92 Å². The Morgan fingerprint density at radius 1 is 1.32 bits per heavy atom. The van der Waals surface area contributed by atoms with Crippen molar-refractivity contribution in [3.05, 3.63) is 29.8 Å². The van der Waals surface area contributed by atoms with Crippen LogP contribution in [0.5, 0.6) is 0 Å². The van der Waals surface area contributed by atoms with E-state index in [9.17, 15) is 10.1 Å². The molecular formula is C13H9N5O. The molecule has 1 amide bonds. The van der Waals surface area contributed by atoms with Gasteiger partial charge in [-0.3, -0.25) is 4.79 Å². The molecule has 0 aliphatic carbocycles. The summed E-state index contributed by atoms with van der Waals surface area (Å²) in [4.78, 5) is 17.0. The first-order chi connectivity index (χ1) is 9.20. The van der Waals surface area contributed by atoms with Crippen molar-refractivity contribution in [2.45, 2.75) is 6.92 Å². The second kappa shape index (κ2) is 4.07. The molecule has 6 nitrogen and oxygen atoms in total. The van der Waals surface area contributed by atoms with E-state index in [2.05, 4.69) is 26.3 Å². The third kappa shape index (κ3) is 1.68. The maximum atomic E-state index is 10.8. The summed E-state index contributed by atoms with van der Waals surface area (Å²) in [7, 11) is 0. The highest BCUT2D eigenvalue weighted by atomic mass is 16.1. The SMILES string of the molecule is CC(=O)N=Nc1[nH]c2[nH]c3ccccc3c2c1C#N. The van der Waals surface area contributed by atoms with Gasteiger partial charge in [0.2, 0.25) is 0 Å². The van der Waals surface area contributed by atoms with E-state index < -0.39 is 5.91 Å². The highest BCUT2D eigenvalue weighted by Crippen LogP contribution is 2.33. The largest absolute Gasteiger partial charge is 0.341 e. The number of nitrogens with zero attached hydrogens (tertiary/aromatic N) is 3. The third-order valence-electron chi connectivity index (χ3n) is 2.84. The highest BCUT2D eigenvalue weighted by Gasteiger charge is 2.15. The van der Waals surface area contributed by atoms with Gasteiger partial charge in [0.25, 0.3) is 5.91 Å². The Balaban J connectivity index is 2.33. The van der Waals surface area contributed by atoms with Crippen LogP contribution < -0.4 is 0 Å². The van der Waals surface area contributed by atoms with Gasteiger partial charge >= 0.3 is 0 Å². The summed E-state index contributed by atoms with van der Waals surface area (Å²) >= 11 is 0. The molecule has 19 heavy (non-hydrogen) atoms. The molecule has 2 heterocycles. The van der Waals surface area contributed by atoms with Gasteiger partial charge in [-0.05, 0) is 6.07 Å². The van der Waals surface area contributed by atoms with Crippen molar-refractivity contribution in [2.24, 2.45) is 10.2 Å². The van der Waals surface area contributed by atoms with Crippen LogP contribution >= 0.6 is 0 Å². The van der Waals surface area contributed by atoms with E-state index in [0.29, 0.717) is 17.0 Å². The first-order valence-electron chi connectivity index (χ1n) is 5.65. The van der Waals surface area contributed by atoms with E-state index in [1.54, 1.807) is 0 Å². The number of carbonyl (C=O) groups is 1. The first-order valence-corrected chi connectivity index (χ1v) is 5.65. The van der Waals surface area contributed by atoms with E-state index >= 15 is 0 Å². The number of aromatic amines is 2. The fraction of sp³-hybridized carbons (Fsp3) is 0.0769. The van der Waals surface area contributed by atoms with E-state index in [-0.39, 0.29) is 0 Å².